The third-order valence-electron chi connectivity index (χ3n) is 5.60. The van der Waals surface area contributed by atoms with Crippen LogP contribution in [0.25, 0.3) is 0 Å². The summed E-state index contributed by atoms with van der Waals surface area (Å²) in [5, 5.41) is 12.0. The Kier molecular flexibility index (Phi) is 5.24. The van der Waals surface area contributed by atoms with E-state index in [4.69, 9.17) is 4.74 Å². The average molecular weight is 371 g/mol. The van der Waals surface area contributed by atoms with E-state index in [9.17, 15) is 0 Å². The minimum atomic E-state index is 0.210. The van der Waals surface area contributed by atoms with Crippen molar-refractivity contribution in [1.29, 1.82) is 0 Å². The number of ether oxygens (including phenoxy) is 1. The van der Waals surface area contributed by atoms with Crippen LogP contribution in [0.1, 0.15) is 51.4 Å². The SMILES string of the molecule is CC(C)[C@@H]1OCCC[C@@H]1Nc1cc(N2CCC[C@H]2c2nncn2C)ncn1. The fraction of sp³-hybridized carbons (Fsp3) is 0.684. The van der Waals surface area contributed by atoms with Crippen LogP contribution in [0, 0.1) is 5.92 Å². The molecule has 0 saturated carbocycles. The molecule has 8 nitrogen and oxygen atoms in total. The fourth-order valence-corrected chi connectivity index (χ4v) is 4.29. The molecule has 2 aromatic heterocycles. The summed E-state index contributed by atoms with van der Waals surface area (Å²) in [5.74, 6) is 3.27. The highest BCUT2D eigenvalue weighted by Crippen LogP contribution is 2.34. The normalized spacial score (nSPS) is 25.9. The second-order valence-electron chi connectivity index (χ2n) is 7.89. The number of aryl methyl sites for hydroxylation is 1. The molecule has 146 valence electrons. The molecule has 0 bridgehead atoms. The Bertz CT molecular complexity index is 762. The van der Waals surface area contributed by atoms with E-state index in [0.29, 0.717) is 5.92 Å². The van der Waals surface area contributed by atoms with E-state index in [1.807, 2.05) is 11.6 Å². The summed E-state index contributed by atoms with van der Waals surface area (Å²) < 4.78 is 8.00. The molecule has 0 unspecified atom stereocenters. The number of nitrogens with one attached hydrogen (secondary N) is 1. The predicted molar refractivity (Wildman–Crippen MR) is 104 cm³/mol. The molecule has 2 fully saturated rings. The highest BCUT2D eigenvalue weighted by atomic mass is 16.5. The summed E-state index contributed by atoms with van der Waals surface area (Å²) in [6.45, 7) is 6.25. The molecule has 3 atom stereocenters. The molecule has 27 heavy (non-hydrogen) atoms. The molecule has 0 radical (unpaired) electrons. The van der Waals surface area contributed by atoms with Crippen molar-refractivity contribution in [2.75, 3.05) is 23.4 Å². The predicted octanol–water partition coefficient (Wildman–Crippen LogP) is 2.56. The van der Waals surface area contributed by atoms with Gasteiger partial charge in [0.05, 0.1) is 18.2 Å². The molecular weight excluding hydrogens is 342 g/mol. The lowest BCUT2D eigenvalue weighted by Gasteiger charge is -2.35. The zero-order valence-electron chi connectivity index (χ0n) is 16.4. The number of aromatic nitrogens is 5. The molecule has 0 spiro atoms. The molecule has 0 aliphatic carbocycles. The molecule has 2 aromatic rings. The second-order valence-corrected chi connectivity index (χ2v) is 7.89. The van der Waals surface area contributed by atoms with Gasteiger partial charge in [-0.25, -0.2) is 9.97 Å². The third kappa shape index (κ3) is 3.76. The van der Waals surface area contributed by atoms with Crippen molar-refractivity contribution in [3.05, 3.63) is 24.5 Å². The first kappa shape index (κ1) is 18.2. The highest BCUT2D eigenvalue weighted by molar-refractivity contribution is 5.51. The van der Waals surface area contributed by atoms with Crippen LogP contribution < -0.4 is 10.2 Å². The van der Waals surface area contributed by atoms with Crippen LogP contribution in [-0.4, -0.2) is 50.0 Å². The van der Waals surface area contributed by atoms with Gasteiger partial charge in [0, 0.05) is 26.3 Å². The Morgan fingerprint density at radius 2 is 2.11 bits per heavy atom. The van der Waals surface area contributed by atoms with Gasteiger partial charge in [-0.3, -0.25) is 0 Å². The Labute approximate surface area is 160 Å². The van der Waals surface area contributed by atoms with Gasteiger partial charge in [0.1, 0.15) is 24.3 Å². The van der Waals surface area contributed by atoms with E-state index in [1.165, 1.54) is 0 Å². The summed E-state index contributed by atoms with van der Waals surface area (Å²) in [4.78, 5) is 11.3. The van der Waals surface area contributed by atoms with Gasteiger partial charge in [-0.15, -0.1) is 10.2 Å². The van der Waals surface area contributed by atoms with Crippen LogP contribution in [-0.2, 0) is 11.8 Å². The van der Waals surface area contributed by atoms with E-state index >= 15 is 0 Å². The van der Waals surface area contributed by atoms with Gasteiger partial charge in [0.25, 0.3) is 0 Å². The maximum atomic E-state index is 6.00. The molecule has 2 aliphatic rings. The number of anilines is 2. The van der Waals surface area contributed by atoms with Gasteiger partial charge in [-0.2, -0.15) is 0 Å². The second kappa shape index (κ2) is 7.80. The molecule has 2 aliphatic heterocycles. The molecule has 1 N–H and O–H groups in total. The topological polar surface area (TPSA) is 81.0 Å². The number of hydrogen-bond donors (Lipinski definition) is 1. The van der Waals surface area contributed by atoms with Gasteiger partial charge in [-0.1, -0.05) is 13.8 Å². The van der Waals surface area contributed by atoms with Gasteiger partial charge in [-0.05, 0) is 31.6 Å². The van der Waals surface area contributed by atoms with Gasteiger partial charge >= 0.3 is 0 Å². The van der Waals surface area contributed by atoms with Crippen LogP contribution >= 0.6 is 0 Å². The third-order valence-corrected chi connectivity index (χ3v) is 5.60. The molecule has 2 saturated heterocycles. The minimum Gasteiger partial charge on any atom is -0.376 e. The Morgan fingerprint density at radius 3 is 2.89 bits per heavy atom. The minimum absolute atomic E-state index is 0.210. The summed E-state index contributed by atoms with van der Waals surface area (Å²) in [6.07, 6.45) is 8.00. The standard InChI is InChI=1S/C19H29N7O/c1-13(2)18-14(6-5-9-27-18)23-16-10-17(21-11-20-16)26-8-4-7-15(26)19-24-22-12-25(19)3/h10-15,18H,4-9H2,1-3H3,(H,20,21,23)/t14-,15-,18-/m0/s1. The fourth-order valence-electron chi connectivity index (χ4n) is 4.29. The summed E-state index contributed by atoms with van der Waals surface area (Å²) in [5.41, 5.74) is 0. The Balaban J connectivity index is 1.53. The van der Waals surface area contributed by atoms with Crippen molar-refractivity contribution in [3.8, 4) is 0 Å². The summed E-state index contributed by atoms with van der Waals surface area (Å²) >= 11 is 0. The molecule has 0 aromatic carbocycles. The van der Waals surface area contributed by atoms with Crippen LogP contribution in [0.15, 0.2) is 18.7 Å². The van der Waals surface area contributed by atoms with Gasteiger partial charge < -0.3 is 19.5 Å². The van der Waals surface area contributed by atoms with E-state index in [0.717, 1.165) is 56.3 Å². The van der Waals surface area contributed by atoms with E-state index in [2.05, 4.69) is 50.3 Å². The first-order valence-electron chi connectivity index (χ1n) is 9.94. The zero-order chi connectivity index (χ0) is 18.8. The average Bonchev–Trinajstić information content (AvgIpc) is 3.30. The Morgan fingerprint density at radius 1 is 1.22 bits per heavy atom. The van der Waals surface area contributed by atoms with Crippen molar-refractivity contribution < 1.29 is 4.74 Å². The number of hydrogen-bond acceptors (Lipinski definition) is 7. The van der Waals surface area contributed by atoms with Gasteiger partial charge in [0.2, 0.25) is 0 Å². The lowest BCUT2D eigenvalue weighted by Crippen LogP contribution is -2.43. The van der Waals surface area contributed by atoms with E-state index in [-0.39, 0.29) is 18.2 Å². The van der Waals surface area contributed by atoms with E-state index < -0.39 is 0 Å². The monoisotopic (exact) mass is 371 g/mol. The van der Waals surface area contributed by atoms with Crippen molar-refractivity contribution in [3.63, 3.8) is 0 Å². The maximum absolute atomic E-state index is 6.00. The summed E-state index contributed by atoms with van der Waals surface area (Å²) in [7, 11) is 1.99. The highest BCUT2D eigenvalue weighted by Gasteiger charge is 2.32. The van der Waals surface area contributed by atoms with Crippen molar-refractivity contribution >= 4 is 11.6 Å². The Hall–Kier alpha value is -2.22. The first-order valence-corrected chi connectivity index (χ1v) is 9.94. The van der Waals surface area contributed by atoms with Crippen molar-refractivity contribution in [2.45, 2.75) is 57.7 Å². The van der Waals surface area contributed by atoms with Crippen LogP contribution in [0.5, 0.6) is 0 Å². The van der Waals surface area contributed by atoms with Crippen molar-refractivity contribution in [1.82, 2.24) is 24.7 Å². The molecule has 4 heterocycles. The maximum Gasteiger partial charge on any atom is 0.155 e. The molecule has 0 amide bonds. The molecule has 4 rings (SSSR count). The quantitative estimate of drug-likeness (QED) is 0.865. The number of nitrogens with zero attached hydrogens (tertiary/aromatic N) is 6. The van der Waals surface area contributed by atoms with Crippen LogP contribution in [0.3, 0.4) is 0 Å². The van der Waals surface area contributed by atoms with Gasteiger partial charge in [0.15, 0.2) is 5.82 Å². The molecular formula is C19H29N7O. The lowest BCUT2D eigenvalue weighted by molar-refractivity contribution is -0.0203. The van der Waals surface area contributed by atoms with E-state index in [1.54, 1.807) is 12.7 Å². The lowest BCUT2D eigenvalue weighted by atomic mass is 9.94. The number of rotatable bonds is 5. The zero-order valence-corrected chi connectivity index (χ0v) is 16.4. The van der Waals surface area contributed by atoms with Crippen molar-refractivity contribution in [2.24, 2.45) is 13.0 Å². The smallest absolute Gasteiger partial charge is 0.155 e. The largest absolute Gasteiger partial charge is 0.376 e. The summed E-state index contributed by atoms with van der Waals surface area (Å²) in [6, 6.07) is 2.55. The van der Waals surface area contributed by atoms with Crippen LogP contribution in [0.2, 0.25) is 0 Å². The molecule has 8 heteroatoms. The first-order chi connectivity index (χ1) is 13.1. The van der Waals surface area contributed by atoms with Crippen LogP contribution in [0.4, 0.5) is 11.6 Å².